The molecule has 0 bridgehead atoms. The number of carbonyl (C=O) groups excluding carboxylic acids is 1. The fraction of sp³-hybridized carbons (Fsp3) is 0.240. The second-order valence-electron chi connectivity index (χ2n) is 8.03. The molecule has 1 amide bonds. The largest absolute Gasteiger partial charge is 0.478 e. The fourth-order valence-corrected chi connectivity index (χ4v) is 4.03. The molecular formula is C25H24N4O6. The van der Waals surface area contributed by atoms with Crippen LogP contribution < -0.4 is 10.0 Å². The zero-order chi connectivity index (χ0) is 25.3. The van der Waals surface area contributed by atoms with Gasteiger partial charge in [0.25, 0.3) is 5.91 Å². The first-order chi connectivity index (χ1) is 16.7. The van der Waals surface area contributed by atoms with Gasteiger partial charge in [0.2, 0.25) is 0 Å². The first kappa shape index (κ1) is 23.8. The van der Waals surface area contributed by atoms with Crippen molar-refractivity contribution in [2.45, 2.75) is 32.9 Å². The number of carboxylic acids is 2. The lowest BCUT2D eigenvalue weighted by molar-refractivity contribution is -0.114. The highest BCUT2D eigenvalue weighted by atomic mass is 16.4. The Morgan fingerprint density at radius 2 is 1.43 bits per heavy atom. The zero-order valence-corrected chi connectivity index (χ0v) is 19.1. The molecule has 35 heavy (non-hydrogen) atoms. The molecule has 0 spiro atoms. The molecule has 0 saturated heterocycles. The number of hydrogen-bond donors (Lipinski definition) is 3. The molecule has 2 aliphatic rings. The summed E-state index contributed by atoms with van der Waals surface area (Å²) in [7, 11) is 0. The summed E-state index contributed by atoms with van der Waals surface area (Å²) in [5.74, 6) is -3.07. The van der Waals surface area contributed by atoms with Gasteiger partial charge < -0.3 is 15.3 Å². The van der Waals surface area contributed by atoms with Gasteiger partial charge in [0.15, 0.2) is 6.23 Å². The molecule has 3 N–H and O–H groups in total. The van der Waals surface area contributed by atoms with Gasteiger partial charge in [-0.2, -0.15) is 15.2 Å². The number of carboxylic acid groups (broad SMARTS) is 2. The van der Waals surface area contributed by atoms with E-state index < -0.39 is 24.1 Å². The van der Waals surface area contributed by atoms with Crippen LogP contribution in [-0.4, -0.2) is 50.8 Å². The van der Waals surface area contributed by atoms with E-state index in [0.717, 1.165) is 0 Å². The van der Waals surface area contributed by atoms with Crippen molar-refractivity contribution in [1.82, 2.24) is 0 Å². The van der Waals surface area contributed by atoms with E-state index in [4.69, 9.17) is 10.2 Å². The molecule has 0 radical (unpaired) electrons. The SMILES string of the molecule is CCC1=NN(c2ccc(C(=O)O)cc2)C(=O)C1=CC1C(CC)=NN(c2ccc(C(=O)O)cc2)C1O. The van der Waals surface area contributed by atoms with Gasteiger partial charge in [0, 0.05) is 5.71 Å². The average molecular weight is 476 g/mol. The van der Waals surface area contributed by atoms with Gasteiger partial charge in [-0.25, -0.2) is 14.6 Å². The topological polar surface area (TPSA) is 143 Å². The maximum Gasteiger partial charge on any atom is 0.335 e. The van der Waals surface area contributed by atoms with Crippen LogP contribution in [0.3, 0.4) is 0 Å². The molecule has 2 aliphatic heterocycles. The molecule has 2 heterocycles. The van der Waals surface area contributed by atoms with E-state index in [2.05, 4.69) is 10.2 Å². The number of aliphatic hydroxyl groups is 1. The number of hydrogen-bond acceptors (Lipinski definition) is 7. The van der Waals surface area contributed by atoms with Crippen LogP contribution in [0.1, 0.15) is 47.4 Å². The molecule has 10 heteroatoms. The Bertz CT molecular complexity index is 1260. The minimum Gasteiger partial charge on any atom is -0.478 e. The third-order valence-electron chi connectivity index (χ3n) is 5.93. The summed E-state index contributed by atoms with van der Waals surface area (Å²) in [5.41, 5.74) is 2.75. The Hall–Kier alpha value is -4.31. The summed E-state index contributed by atoms with van der Waals surface area (Å²) in [6, 6.07) is 11.9. The first-order valence-electron chi connectivity index (χ1n) is 11.1. The van der Waals surface area contributed by atoms with E-state index in [0.29, 0.717) is 41.2 Å². The van der Waals surface area contributed by atoms with Gasteiger partial charge in [-0.1, -0.05) is 19.9 Å². The third-order valence-corrected chi connectivity index (χ3v) is 5.93. The molecule has 2 aromatic rings. The first-order valence-corrected chi connectivity index (χ1v) is 11.1. The Kier molecular flexibility index (Phi) is 6.48. The van der Waals surface area contributed by atoms with Gasteiger partial charge in [-0.05, 0) is 61.4 Å². The zero-order valence-electron chi connectivity index (χ0n) is 19.1. The Labute approximate surface area is 201 Å². The van der Waals surface area contributed by atoms with Crippen molar-refractivity contribution in [3.63, 3.8) is 0 Å². The predicted octanol–water partition coefficient (Wildman–Crippen LogP) is 3.34. The molecule has 0 aromatic heterocycles. The van der Waals surface area contributed by atoms with Crippen LogP contribution in [0.15, 0.2) is 70.4 Å². The quantitative estimate of drug-likeness (QED) is 0.520. The highest BCUT2D eigenvalue weighted by Crippen LogP contribution is 2.32. The number of aromatic carboxylic acids is 2. The monoisotopic (exact) mass is 476 g/mol. The van der Waals surface area contributed by atoms with Gasteiger partial charge >= 0.3 is 11.9 Å². The van der Waals surface area contributed by atoms with Crippen molar-refractivity contribution >= 4 is 40.6 Å². The van der Waals surface area contributed by atoms with Crippen molar-refractivity contribution in [2.24, 2.45) is 16.1 Å². The second-order valence-corrected chi connectivity index (χ2v) is 8.03. The summed E-state index contributed by atoms with van der Waals surface area (Å²) < 4.78 is 0. The maximum absolute atomic E-state index is 13.3. The lowest BCUT2D eigenvalue weighted by atomic mass is 9.94. The van der Waals surface area contributed by atoms with E-state index in [1.165, 1.54) is 46.4 Å². The Balaban J connectivity index is 1.62. The van der Waals surface area contributed by atoms with Crippen molar-refractivity contribution in [3.05, 3.63) is 71.3 Å². The van der Waals surface area contributed by atoms with Crippen molar-refractivity contribution < 1.29 is 29.7 Å². The van der Waals surface area contributed by atoms with E-state index in [-0.39, 0.29) is 17.0 Å². The number of amides is 1. The molecule has 2 atom stereocenters. The van der Waals surface area contributed by atoms with Gasteiger partial charge in [0.1, 0.15) is 0 Å². The normalized spacial score (nSPS) is 20.9. The smallest absolute Gasteiger partial charge is 0.335 e. The number of benzene rings is 2. The van der Waals surface area contributed by atoms with Crippen LogP contribution in [0.2, 0.25) is 0 Å². The van der Waals surface area contributed by atoms with E-state index in [1.807, 2.05) is 13.8 Å². The van der Waals surface area contributed by atoms with Crippen LogP contribution >= 0.6 is 0 Å². The number of rotatable bonds is 7. The molecule has 0 fully saturated rings. The van der Waals surface area contributed by atoms with Gasteiger partial charge in [-0.15, -0.1) is 0 Å². The minimum absolute atomic E-state index is 0.102. The second kappa shape index (κ2) is 9.51. The summed E-state index contributed by atoms with van der Waals surface area (Å²) in [6.07, 6.45) is 1.59. The fourth-order valence-electron chi connectivity index (χ4n) is 4.03. The highest BCUT2D eigenvalue weighted by molar-refractivity contribution is 6.30. The Morgan fingerprint density at radius 3 is 1.91 bits per heavy atom. The standard InChI is InChI=1S/C25H24N4O6/c1-3-20-18(22(30)28(26-20)16-9-5-14(6-10-16)24(32)33)13-19-21(4-2)27-29(23(19)31)17-11-7-15(8-12-17)25(34)35/h5-13,18,22,30H,3-4H2,1-2H3,(H,32,33)(H,34,35). The predicted molar refractivity (Wildman–Crippen MR) is 130 cm³/mol. The van der Waals surface area contributed by atoms with Crippen LogP contribution in [0.4, 0.5) is 11.4 Å². The van der Waals surface area contributed by atoms with Crippen LogP contribution in [-0.2, 0) is 4.79 Å². The van der Waals surface area contributed by atoms with E-state index >= 15 is 0 Å². The van der Waals surface area contributed by atoms with Crippen LogP contribution in [0.25, 0.3) is 0 Å². The lowest BCUT2D eigenvalue weighted by Crippen LogP contribution is -2.33. The highest BCUT2D eigenvalue weighted by Gasteiger charge is 2.38. The average Bonchev–Trinajstić information content (AvgIpc) is 3.35. The number of hydrazone groups is 2. The minimum atomic E-state index is -1.09. The molecule has 4 rings (SSSR count). The Morgan fingerprint density at radius 1 is 0.886 bits per heavy atom. The third kappa shape index (κ3) is 4.43. The number of anilines is 2. The van der Waals surface area contributed by atoms with Crippen LogP contribution in [0.5, 0.6) is 0 Å². The number of carbonyl (C=O) groups is 3. The van der Waals surface area contributed by atoms with E-state index in [9.17, 15) is 19.5 Å². The van der Waals surface area contributed by atoms with Crippen LogP contribution in [0, 0.1) is 5.92 Å². The number of nitrogens with zero attached hydrogens (tertiary/aromatic N) is 4. The van der Waals surface area contributed by atoms with E-state index in [1.54, 1.807) is 18.2 Å². The molecule has 0 saturated carbocycles. The van der Waals surface area contributed by atoms with Crippen molar-refractivity contribution in [1.29, 1.82) is 0 Å². The lowest BCUT2D eigenvalue weighted by Gasteiger charge is -2.22. The van der Waals surface area contributed by atoms with Gasteiger partial charge in [0.05, 0.1) is 39.7 Å². The summed E-state index contributed by atoms with van der Waals surface area (Å²) >= 11 is 0. The summed E-state index contributed by atoms with van der Waals surface area (Å²) in [4.78, 5) is 35.5. The van der Waals surface area contributed by atoms with Gasteiger partial charge in [-0.3, -0.25) is 4.79 Å². The molecule has 2 aromatic carbocycles. The van der Waals surface area contributed by atoms with Crippen molar-refractivity contribution in [2.75, 3.05) is 10.0 Å². The molecular weight excluding hydrogens is 452 g/mol. The molecule has 10 nitrogen and oxygen atoms in total. The summed E-state index contributed by atoms with van der Waals surface area (Å²) in [5, 5.41) is 40.9. The maximum atomic E-state index is 13.3. The molecule has 180 valence electrons. The molecule has 2 unspecified atom stereocenters. The molecule has 0 aliphatic carbocycles. The summed E-state index contributed by atoms with van der Waals surface area (Å²) in [6.45, 7) is 3.77. The van der Waals surface area contributed by atoms with Crippen molar-refractivity contribution in [3.8, 4) is 0 Å². The number of aliphatic hydroxyl groups excluding tert-OH is 1.